The van der Waals surface area contributed by atoms with Crippen molar-refractivity contribution in [3.05, 3.63) is 45.8 Å². The van der Waals surface area contributed by atoms with Gasteiger partial charge in [-0.3, -0.25) is 4.18 Å². The van der Waals surface area contributed by atoms with Crippen molar-refractivity contribution in [3.63, 3.8) is 0 Å². The van der Waals surface area contributed by atoms with Gasteiger partial charge in [-0.2, -0.15) is 13.5 Å². The summed E-state index contributed by atoms with van der Waals surface area (Å²) in [6.45, 7) is 0.136. The summed E-state index contributed by atoms with van der Waals surface area (Å²) in [6.07, 6.45) is 5.14. The van der Waals surface area contributed by atoms with Crippen LogP contribution < -0.4 is 0 Å². The SMILES string of the molecule is CS(=O)(=O)OCCc1cnn(-c2ccc(I)cc2)c1. The molecule has 0 unspecified atom stereocenters. The van der Waals surface area contributed by atoms with Crippen LogP contribution in [-0.2, 0) is 20.7 Å². The molecule has 0 N–H and O–H groups in total. The first-order valence-electron chi connectivity index (χ1n) is 5.58. The standard InChI is InChI=1S/C12H13IN2O3S/c1-19(16,17)18-7-6-10-8-14-15(9-10)12-4-2-11(13)3-5-12/h2-5,8-9H,6-7H2,1H3. The van der Waals surface area contributed by atoms with Gasteiger partial charge in [0.15, 0.2) is 0 Å². The van der Waals surface area contributed by atoms with Crippen LogP contribution in [0.4, 0.5) is 0 Å². The van der Waals surface area contributed by atoms with Crippen molar-refractivity contribution in [3.8, 4) is 5.69 Å². The van der Waals surface area contributed by atoms with E-state index in [0.717, 1.165) is 21.1 Å². The first-order chi connectivity index (χ1) is 8.94. The van der Waals surface area contributed by atoms with E-state index in [9.17, 15) is 8.42 Å². The van der Waals surface area contributed by atoms with Crippen molar-refractivity contribution >= 4 is 32.7 Å². The van der Waals surface area contributed by atoms with Crippen LogP contribution in [0.25, 0.3) is 5.69 Å². The molecule has 19 heavy (non-hydrogen) atoms. The minimum Gasteiger partial charge on any atom is -0.270 e. The molecule has 0 aliphatic rings. The molecule has 0 radical (unpaired) electrons. The molecule has 0 spiro atoms. The van der Waals surface area contributed by atoms with E-state index < -0.39 is 10.1 Å². The molecule has 0 aliphatic heterocycles. The van der Waals surface area contributed by atoms with Crippen LogP contribution in [0, 0.1) is 3.57 Å². The third-order valence-corrected chi connectivity index (χ3v) is 3.73. The average Bonchev–Trinajstić information content (AvgIpc) is 2.77. The fourth-order valence-electron chi connectivity index (χ4n) is 1.54. The van der Waals surface area contributed by atoms with Crippen LogP contribution in [0.2, 0.25) is 0 Å². The Hall–Kier alpha value is -0.930. The molecule has 2 rings (SSSR count). The molecule has 0 fully saturated rings. The highest BCUT2D eigenvalue weighted by molar-refractivity contribution is 14.1. The highest BCUT2D eigenvalue weighted by Gasteiger charge is 2.04. The summed E-state index contributed by atoms with van der Waals surface area (Å²) in [6, 6.07) is 7.96. The Morgan fingerprint density at radius 1 is 1.32 bits per heavy atom. The molecule has 7 heteroatoms. The lowest BCUT2D eigenvalue weighted by atomic mass is 10.3. The van der Waals surface area contributed by atoms with Gasteiger partial charge in [0, 0.05) is 16.2 Å². The molecule has 0 aliphatic carbocycles. The second kappa shape index (κ2) is 6.02. The lowest BCUT2D eigenvalue weighted by Gasteiger charge is -2.01. The van der Waals surface area contributed by atoms with Gasteiger partial charge in [-0.15, -0.1) is 0 Å². The van der Waals surface area contributed by atoms with Crippen molar-refractivity contribution in [2.45, 2.75) is 6.42 Å². The maximum Gasteiger partial charge on any atom is 0.264 e. The van der Waals surface area contributed by atoms with E-state index in [1.165, 1.54) is 0 Å². The Morgan fingerprint density at radius 2 is 2.00 bits per heavy atom. The number of halogens is 1. The molecule has 1 aromatic carbocycles. The van der Waals surface area contributed by atoms with Gasteiger partial charge in [-0.05, 0) is 52.4 Å². The zero-order valence-corrected chi connectivity index (χ0v) is 13.3. The van der Waals surface area contributed by atoms with E-state index in [1.807, 2.05) is 30.5 Å². The number of hydrogen-bond acceptors (Lipinski definition) is 4. The topological polar surface area (TPSA) is 61.2 Å². The van der Waals surface area contributed by atoms with E-state index in [4.69, 9.17) is 4.18 Å². The minimum absolute atomic E-state index is 0.136. The van der Waals surface area contributed by atoms with Crippen LogP contribution in [0.1, 0.15) is 5.56 Å². The molecule has 1 aromatic heterocycles. The first-order valence-corrected chi connectivity index (χ1v) is 8.47. The van der Waals surface area contributed by atoms with Gasteiger partial charge in [0.2, 0.25) is 0 Å². The molecule has 0 atom stereocenters. The molecule has 102 valence electrons. The Labute approximate surface area is 125 Å². The minimum atomic E-state index is -3.37. The summed E-state index contributed by atoms with van der Waals surface area (Å²) >= 11 is 2.24. The van der Waals surface area contributed by atoms with Crippen molar-refractivity contribution < 1.29 is 12.6 Å². The zero-order chi connectivity index (χ0) is 13.9. The molecular weight excluding hydrogens is 379 g/mol. The van der Waals surface area contributed by atoms with Crippen molar-refractivity contribution in [1.29, 1.82) is 0 Å². The number of benzene rings is 1. The highest BCUT2D eigenvalue weighted by atomic mass is 127. The number of rotatable bonds is 5. The Kier molecular flexibility index (Phi) is 4.58. The Bertz CT molecular complexity index is 650. The lowest BCUT2D eigenvalue weighted by Crippen LogP contribution is -2.05. The molecule has 1 heterocycles. The van der Waals surface area contributed by atoms with Gasteiger partial charge in [0.1, 0.15) is 0 Å². The summed E-state index contributed by atoms with van der Waals surface area (Å²) in [5.41, 5.74) is 1.90. The largest absolute Gasteiger partial charge is 0.270 e. The summed E-state index contributed by atoms with van der Waals surface area (Å²) in [7, 11) is -3.37. The van der Waals surface area contributed by atoms with Crippen LogP contribution in [0.15, 0.2) is 36.7 Å². The van der Waals surface area contributed by atoms with E-state index in [2.05, 4.69) is 27.7 Å². The van der Waals surface area contributed by atoms with E-state index in [-0.39, 0.29) is 6.61 Å². The Morgan fingerprint density at radius 3 is 2.63 bits per heavy atom. The van der Waals surface area contributed by atoms with Gasteiger partial charge in [0.05, 0.1) is 24.7 Å². The monoisotopic (exact) mass is 392 g/mol. The molecule has 0 saturated carbocycles. The summed E-state index contributed by atoms with van der Waals surface area (Å²) in [5.74, 6) is 0. The van der Waals surface area contributed by atoms with Gasteiger partial charge in [-0.25, -0.2) is 4.68 Å². The van der Waals surface area contributed by atoms with Gasteiger partial charge in [-0.1, -0.05) is 0 Å². The van der Waals surface area contributed by atoms with E-state index >= 15 is 0 Å². The maximum absolute atomic E-state index is 10.8. The molecular formula is C12H13IN2O3S. The smallest absolute Gasteiger partial charge is 0.264 e. The maximum atomic E-state index is 10.8. The fraction of sp³-hybridized carbons (Fsp3) is 0.250. The predicted molar refractivity (Wildman–Crippen MR) is 80.8 cm³/mol. The molecule has 0 saturated heterocycles. The molecule has 0 bridgehead atoms. The highest BCUT2D eigenvalue weighted by Crippen LogP contribution is 2.12. The average molecular weight is 392 g/mol. The number of nitrogens with zero attached hydrogens (tertiary/aromatic N) is 2. The lowest BCUT2D eigenvalue weighted by molar-refractivity contribution is 0.326. The summed E-state index contributed by atoms with van der Waals surface area (Å²) in [4.78, 5) is 0. The third-order valence-electron chi connectivity index (χ3n) is 2.42. The van der Waals surface area contributed by atoms with Crippen molar-refractivity contribution in [2.24, 2.45) is 0 Å². The van der Waals surface area contributed by atoms with Crippen LogP contribution in [-0.4, -0.2) is 31.1 Å². The van der Waals surface area contributed by atoms with Crippen LogP contribution in [0.3, 0.4) is 0 Å². The summed E-state index contributed by atoms with van der Waals surface area (Å²) in [5, 5.41) is 4.24. The zero-order valence-electron chi connectivity index (χ0n) is 10.3. The fourth-order valence-corrected chi connectivity index (χ4v) is 2.28. The van der Waals surface area contributed by atoms with Crippen molar-refractivity contribution in [2.75, 3.05) is 12.9 Å². The molecule has 0 amide bonds. The van der Waals surface area contributed by atoms with Gasteiger partial charge >= 0.3 is 0 Å². The molecule has 2 aromatic rings. The van der Waals surface area contributed by atoms with Gasteiger partial charge in [0.25, 0.3) is 10.1 Å². The number of aromatic nitrogens is 2. The van der Waals surface area contributed by atoms with E-state index in [1.54, 1.807) is 10.9 Å². The van der Waals surface area contributed by atoms with Gasteiger partial charge < -0.3 is 0 Å². The Balaban J connectivity index is 2.01. The predicted octanol–water partition coefficient (Wildman–Crippen LogP) is 2.00. The van der Waals surface area contributed by atoms with Crippen LogP contribution >= 0.6 is 22.6 Å². The normalized spacial score (nSPS) is 11.7. The summed E-state index contributed by atoms with van der Waals surface area (Å²) < 4.78 is 29.3. The second-order valence-electron chi connectivity index (χ2n) is 4.05. The second-order valence-corrected chi connectivity index (χ2v) is 6.94. The van der Waals surface area contributed by atoms with Crippen molar-refractivity contribution in [1.82, 2.24) is 9.78 Å². The quantitative estimate of drug-likeness (QED) is 0.577. The number of hydrogen-bond donors (Lipinski definition) is 0. The molecule has 5 nitrogen and oxygen atoms in total. The van der Waals surface area contributed by atoms with Crippen LogP contribution in [0.5, 0.6) is 0 Å². The van der Waals surface area contributed by atoms with E-state index in [0.29, 0.717) is 6.42 Å². The third kappa shape index (κ3) is 4.59. The first kappa shape index (κ1) is 14.5.